The maximum atomic E-state index is 12.1. The van der Waals surface area contributed by atoms with E-state index >= 15 is 0 Å². The van der Waals surface area contributed by atoms with Gasteiger partial charge >= 0.3 is 12.1 Å². The molecule has 0 saturated carbocycles. The number of halogens is 3. The van der Waals surface area contributed by atoms with E-state index in [0.29, 0.717) is 5.56 Å². The molecule has 0 aromatic heterocycles. The van der Waals surface area contributed by atoms with Crippen molar-refractivity contribution in [3.05, 3.63) is 48.0 Å². The van der Waals surface area contributed by atoms with Crippen LogP contribution < -0.4 is 10.6 Å². The molecule has 0 spiro atoms. The number of carbonyl (C=O) groups is 2. The van der Waals surface area contributed by atoms with Gasteiger partial charge in [-0.25, -0.2) is 0 Å². The molecule has 0 heterocycles. The predicted molar refractivity (Wildman–Crippen MR) is 80.0 cm³/mol. The first kappa shape index (κ1) is 16.8. The third-order valence-corrected chi connectivity index (χ3v) is 3.22. The molecular weight excluding hydrogens is 309 g/mol. The Labute approximate surface area is 130 Å². The Bertz CT molecular complexity index is 709. The third kappa shape index (κ3) is 4.45. The number of nitrogens with one attached hydrogen (secondary N) is 2. The van der Waals surface area contributed by atoms with Crippen LogP contribution in [0.3, 0.4) is 0 Å². The van der Waals surface area contributed by atoms with E-state index in [0.717, 1.165) is 10.8 Å². The van der Waals surface area contributed by atoms with Crippen molar-refractivity contribution in [2.75, 3.05) is 13.1 Å². The summed E-state index contributed by atoms with van der Waals surface area (Å²) in [5, 5.41) is 6.11. The Kier molecular flexibility index (Phi) is 5.20. The molecule has 0 aliphatic heterocycles. The highest BCUT2D eigenvalue weighted by molar-refractivity contribution is 6.06. The normalized spacial score (nSPS) is 11.3. The van der Waals surface area contributed by atoms with E-state index < -0.39 is 12.1 Å². The molecule has 4 nitrogen and oxygen atoms in total. The maximum absolute atomic E-state index is 12.1. The second-order valence-corrected chi connectivity index (χ2v) is 4.89. The first-order valence-electron chi connectivity index (χ1n) is 7.00. The molecule has 0 radical (unpaired) electrons. The van der Waals surface area contributed by atoms with E-state index in [1.165, 1.54) is 0 Å². The van der Waals surface area contributed by atoms with Gasteiger partial charge in [-0.05, 0) is 23.3 Å². The Morgan fingerprint density at radius 3 is 2.30 bits per heavy atom. The van der Waals surface area contributed by atoms with Crippen LogP contribution in [-0.4, -0.2) is 31.1 Å². The zero-order chi connectivity index (χ0) is 16.9. The topological polar surface area (TPSA) is 58.2 Å². The average molecular weight is 324 g/mol. The third-order valence-electron chi connectivity index (χ3n) is 3.22. The molecule has 0 atom stereocenters. The predicted octanol–water partition coefficient (Wildman–Crippen LogP) is 2.64. The summed E-state index contributed by atoms with van der Waals surface area (Å²) in [6.07, 6.45) is -4.68. The van der Waals surface area contributed by atoms with Crippen LogP contribution >= 0.6 is 0 Å². The van der Waals surface area contributed by atoms with Crippen molar-refractivity contribution in [3.8, 4) is 0 Å². The number of hydrogen-bond donors (Lipinski definition) is 2. The number of carbonyl (C=O) groups excluding carboxylic acids is 2. The molecule has 0 saturated heterocycles. The first-order chi connectivity index (χ1) is 10.9. The quantitative estimate of drug-likeness (QED) is 0.831. The number of alkyl halides is 3. The van der Waals surface area contributed by atoms with Crippen LogP contribution in [0.15, 0.2) is 42.5 Å². The van der Waals surface area contributed by atoms with Gasteiger partial charge in [0, 0.05) is 18.7 Å². The lowest BCUT2D eigenvalue weighted by Crippen LogP contribution is -2.38. The molecular formula is C16H15F3N2O2. The summed E-state index contributed by atoms with van der Waals surface area (Å²) < 4.78 is 35.9. The van der Waals surface area contributed by atoms with Gasteiger partial charge in [-0.1, -0.05) is 36.4 Å². The van der Waals surface area contributed by atoms with Gasteiger partial charge in [0.2, 0.25) is 0 Å². The Morgan fingerprint density at radius 2 is 1.57 bits per heavy atom. The van der Waals surface area contributed by atoms with Crippen molar-refractivity contribution >= 4 is 22.6 Å². The average Bonchev–Trinajstić information content (AvgIpc) is 2.52. The smallest absolute Gasteiger partial charge is 0.352 e. The van der Waals surface area contributed by atoms with E-state index in [1.54, 1.807) is 17.4 Å². The highest BCUT2D eigenvalue weighted by Gasteiger charge is 2.38. The van der Waals surface area contributed by atoms with E-state index in [9.17, 15) is 22.8 Å². The molecule has 0 aliphatic rings. The van der Waals surface area contributed by atoms with E-state index in [-0.39, 0.29) is 25.4 Å². The van der Waals surface area contributed by atoms with Crippen molar-refractivity contribution in [2.45, 2.75) is 12.6 Å². The summed E-state index contributed by atoms with van der Waals surface area (Å²) in [4.78, 5) is 22.7. The SMILES string of the molecule is O=C(NCCCNC(=O)C(F)(F)F)c1cccc2ccccc12. The highest BCUT2D eigenvalue weighted by Crippen LogP contribution is 2.18. The molecule has 7 heteroatoms. The Morgan fingerprint density at radius 1 is 0.913 bits per heavy atom. The van der Waals surface area contributed by atoms with Gasteiger partial charge in [-0.2, -0.15) is 13.2 Å². The van der Waals surface area contributed by atoms with Gasteiger partial charge < -0.3 is 10.6 Å². The molecule has 2 aromatic carbocycles. The molecule has 0 aliphatic carbocycles. The fourth-order valence-electron chi connectivity index (χ4n) is 2.11. The molecule has 0 unspecified atom stereocenters. The van der Waals surface area contributed by atoms with Crippen LogP contribution in [0.4, 0.5) is 13.2 Å². The van der Waals surface area contributed by atoms with Gasteiger partial charge in [0.15, 0.2) is 0 Å². The molecule has 0 fully saturated rings. The van der Waals surface area contributed by atoms with Crippen LogP contribution in [-0.2, 0) is 4.79 Å². The summed E-state index contributed by atoms with van der Waals surface area (Å²) in [7, 11) is 0. The number of rotatable bonds is 5. The monoisotopic (exact) mass is 324 g/mol. The minimum atomic E-state index is -4.88. The van der Waals surface area contributed by atoms with Crippen molar-refractivity contribution in [2.24, 2.45) is 0 Å². The molecule has 23 heavy (non-hydrogen) atoms. The number of amides is 2. The first-order valence-corrected chi connectivity index (χ1v) is 7.00. The van der Waals surface area contributed by atoms with Gasteiger partial charge in [0.05, 0.1) is 0 Å². The molecule has 2 amide bonds. The zero-order valence-corrected chi connectivity index (χ0v) is 12.1. The summed E-state index contributed by atoms with van der Waals surface area (Å²) in [5.74, 6) is -2.28. The zero-order valence-electron chi connectivity index (χ0n) is 12.1. The number of benzene rings is 2. The van der Waals surface area contributed by atoms with Crippen molar-refractivity contribution in [1.29, 1.82) is 0 Å². The molecule has 0 bridgehead atoms. The van der Waals surface area contributed by atoms with E-state index in [2.05, 4.69) is 5.32 Å². The standard InChI is InChI=1S/C16H15F3N2O2/c17-16(18,19)15(23)21-10-4-9-20-14(22)13-8-3-6-11-5-1-2-7-12(11)13/h1-3,5-8H,4,9-10H2,(H,20,22)(H,21,23). The van der Waals surface area contributed by atoms with Gasteiger partial charge in [0.25, 0.3) is 5.91 Å². The van der Waals surface area contributed by atoms with E-state index in [1.807, 2.05) is 30.3 Å². The number of hydrogen-bond acceptors (Lipinski definition) is 2. The lowest BCUT2D eigenvalue weighted by Gasteiger charge is -2.09. The fraction of sp³-hybridized carbons (Fsp3) is 0.250. The maximum Gasteiger partial charge on any atom is 0.471 e. The van der Waals surface area contributed by atoms with Gasteiger partial charge in [-0.3, -0.25) is 9.59 Å². The molecule has 2 rings (SSSR count). The van der Waals surface area contributed by atoms with Crippen molar-refractivity contribution in [1.82, 2.24) is 10.6 Å². The summed E-state index contributed by atoms with van der Waals surface area (Å²) in [6.45, 7) is 0.00829. The van der Waals surface area contributed by atoms with Crippen LogP contribution in [0.25, 0.3) is 10.8 Å². The minimum Gasteiger partial charge on any atom is -0.352 e. The Hall–Kier alpha value is -2.57. The summed E-state index contributed by atoms with van der Waals surface area (Å²) in [6, 6.07) is 12.7. The molecule has 2 aromatic rings. The van der Waals surface area contributed by atoms with Crippen molar-refractivity contribution in [3.63, 3.8) is 0 Å². The van der Waals surface area contributed by atoms with Crippen LogP contribution in [0.1, 0.15) is 16.8 Å². The lowest BCUT2D eigenvalue weighted by atomic mass is 10.0. The van der Waals surface area contributed by atoms with Crippen LogP contribution in [0.2, 0.25) is 0 Å². The molecule has 122 valence electrons. The van der Waals surface area contributed by atoms with Gasteiger partial charge in [-0.15, -0.1) is 0 Å². The fourth-order valence-corrected chi connectivity index (χ4v) is 2.11. The summed E-state index contributed by atoms with van der Waals surface area (Å²) >= 11 is 0. The largest absolute Gasteiger partial charge is 0.471 e. The van der Waals surface area contributed by atoms with E-state index in [4.69, 9.17) is 0 Å². The van der Waals surface area contributed by atoms with Gasteiger partial charge in [0.1, 0.15) is 0 Å². The summed E-state index contributed by atoms with van der Waals surface area (Å²) in [5.41, 5.74) is 0.502. The highest BCUT2D eigenvalue weighted by atomic mass is 19.4. The Balaban J connectivity index is 1.84. The molecule has 2 N–H and O–H groups in total. The number of fused-ring (bicyclic) bond motifs is 1. The lowest BCUT2D eigenvalue weighted by molar-refractivity contribution is -0.173. The second-order valence-electron chi connectivity index (χ2n) is 4.89. The van der Waals surface area contributed by atoms with Crippen LogP contribution in [0.5, 0.6) is 0 Å². The van der Waals surface area contributed by atoms with Crippen molar-refractivity contribution < 1.29 is 22.8 Å². The van der Waals surface area contributed by atoms with Crippen LogP contribution in [0, 0.1) is 0 Å². The minimum absolute atomic E-state index is 0.159. The second kappa shape index (κ2) is 7.13.